The Morgan fingerprint density at radius 3 is 2.71 bits per heavy atom. The van der Waals surface area contributed by atoms with Gasteiger partial charge in [-0.15, -0.1) is 0 Å². The molecule has 112 valence electrons. The Labute approximate surface area is 129 Å². The van der Waals surface area contributed by atoms with E-state index < -0.39 is 0 Å². The van der Waals surface area contributed by atoms with Crippen LogP contribution in [0.5, 0.6) is 0 Å². The lowest BCUT2D eigenvalue weighted by Crippen LogP contribution is -2.11. The largest absolute Gasteiger partial charge is 0.338 e. The Bertz CT molecular complexity index is 578. The van der Waals surface area contributed by atoms with Crippen LogP contribution in [-0.2, 0) is 11.2 Å². The Hall–Kier alpha value is -1.75. The summed E-state index contributed by atoms with van der Waals surface area (Å²) in [5.74, 6) is 2.20. The first kappa shape index (κ1) is 15.6. The Morgan fingerprint density at radius 1 is 1.29 bits per heavy atom. The number of nitrogens with one attached hydrogen (secondary N) is 1. The van der Waals surface area contributed by atoms with E-state index in [0.717, 1.165) is 29.2 Å². The fourth-order valence-corrected chi connectivity index (χ4v) is 2.51. The van der Waals surface area contributed by atoms with Gasteiger partial charge in [0.25, 0.3) is 0 Å². The highest BCUT2D eigenvalue weighted by molar-refractivity contribution is 7.99. The zero-order valence-corrected chi connectivity index (χ0v) is 13.2. The summed E-state index contributed by atoms with van der Waals surface area (Å²) in [5, 5.41) is 6.73. The summed E-state index contributed by atoms with van der Waals surface area (Å²) >= 11 is 1.75. The number of hydrogen-bond acceptors (Lipinski definition) is 4. The molecule has 1 aromatic carbocycles. The van der Waals surface area contributed by atoms with Crippen molar-refractivity contribution in [2.24, 2.45) is 0 Å². The van der Waals surface area contributed by atoms with Gasteiger partial charge in [-0.05, 0) is 17.7 Å². The Morgan fingerprint density at radius 2 is 2.05 bits per heavy atom. The average Bonchev–Trinajstić information content (AvgIpc) is 2.96. The maximum Gasteiger partial charge on any atom is 0.231 e. The molecule has 0 unspecified atom stereocenters. The lowest BCUT2D eigenvalue weighted by molar-refractivity contribution is -0.115. The van der Waals surface area contributed by atoms with Gasteiger partial charge in [-0.1, -0.05) is 43.3 Å². The minimum absolute atomic E-state index is 0.0417. The van der Waals surface area contributed by atoms with Crippen molar-refractivity contribution in [1.29, 1.82) is 0 Å². The normalized spacial score (nSPS) is 10.6. The van der Waals surface area contributed by atoms with E-state index in [1.807, 2.05) is 12.1 Å². The third-order valence-electron chi connectivity index (χ3n) is 3.11. The first-order chi connectivity index (χ1) is 10.2. The van der Waals surface area contributed by atoms with Crippen LogP contribution in [0.4, 0.5) is 5.88 Å². The number of anilines is 1. The van der Waals surface area contributed by atoms with Crippen LogP contribution < -0.4 is 5.32 Å². The number of thioether (sulfide) groups is 1. The summed E-state index contributed by atoms with van der Waals surface area (Å²) in [6.45, 7) is 4.20. The highest BCUT2D eigenvalue weighted by atomic mass is 32.2. The van der Waals surface area contributed by atoms with Gasteiger partial charge in [0.05, 0.1) is 0 Å². The Kier molecular flexibility index (Phi) is 5.87. The number of hydrogen-bond donors (Lipinski definition) is 1. The third-order valence-corrected chi connectivity index (χ3v) is 4.01. The number of carbonyl (C=O) groups is 1. The quantitative estimate of drug-likeness (QED) is 0.786. The number of aromatic nitrogens is 1. The first-order valence-corrected chi connectivity index (χ1v) is 8.32. The highest BCUT2D eigenvalue weighted by Crippen LogP contribution is 2.22. The molecule has 4 nitrogen and oxygen atoms in total. The Balaban J connectivity index is 1.95. The predicted octanol–water partition coefficient (Wildman–Crippen LogP) is 3.99. The van der Waals surface area contributed by atoms with E-state index in [9.17, 15) is 4.79 Å². The molecule has 0 atom stereocenters. The van der Waals surface area contributed by atoms with Gasteiger partial charge in [0.15, 0.2) is 0 Å². The second kappa shape index (κ2) is 7.88. The maximum absolute atomic E-state index is 11.7. The van der Waals surface area contributed by atoms with E-state index in [0.29, 0.717) is 12.3 Å². The second-order valence-corrected chi connectivity index (χ2v) is 6.02. The molecular weight excluding hydrogens is 284 g/mol. The molecule has 0 spiro atoms. The molecule has 2 rings (SSSR count). The van der Waals surface area contributed by atoms with Crippen LogP contribution >= 0.6 is 11.8 Å². The van der Waals surface area contributed by atoms with Gasteiger partial charge >= 0.3 is 0 Å². The van der Waals surface area contributed by atoms with Crippen molar-refractivity contribution in [3.05, 3.63) is 35.9 Å². The van der Waals surface area contributed by atoms with Crippen LogP contribution in [0, 0.1) is 0 Å². The summed E-state index contributed by atoms with van der Waals surface area (Å²) in [5.41, 5.74) is 3.00. The van der Waals surface area contributed by atoms with E-state index in [1.54, 1.807) is 17.8 Å². The SMILES string of the molecule is CCSCCC(=O)Nc1cc(-c2ccc(CC)cc2)no1. The standard InChI is InChI=1S/C16H20N2O2S/c1-3-12-5-7-13(8-6-12)14-11-16(20-18-14)17-15(19)9-10-21-4-2/h5-8,11H,3-4,9-10H2,1-2H3,(H,17,19). The van der Waals surface area contributed by atoms with Crippen molar-refractivity contribution in [3.63, 3.8) is 0 Å². The summed E-state index contributed by atoms with van der Waals surface area (Å²) in [6, 6.07) is 9.93. The van der Waals surface area contributed by atoms with Gasteiger partial charge < -0.3 is 4.52 Å². The van der Waals surface area contributed by atoms with Crippen LogP contribution in [-0.4, -0.2) is 22.6 Å². The molecule has 0 bridgehead atoms. The van der Waals surface area contributed by atoms with Crippen molar-refractivity contribution in [2.75, 3.05) is 16.8 Å². The molecule has 0 aliphatic carbocycles. The minimum Gasteiger partial charge on any atom is -0.338 e. The van der Waals surface area contributed by atoms with Crippen LogP contribution in [0.1, 0.15) is 25.8 Å². The van der Waals surface area contributed by atoms with Gasteiger partial charge in [0, 0.05) is 23.8 Å². The van der Waals surface area contributed by atoms with E-state index in [2.05, 4.69) is 36.5 Å². The van der Waals surface area contributed by atoms with E-state index in [1.165, 1.54) is 5.56 Å². The summed E-state index contributed by atoms with van der Waals surface area (Å²) < 4.78 is 5.16. The van der Waals surface area contributed by atoms with Crippen molar-refractivity contribution in [3.8, 4) is 11.3 Å². The molecule has 1 aromatic heterocycles. The van der Waals surface area contributed by atoms with Gasteiger partial charge in [-0.25, -0.2) is 0 Å². The third kappa shape index (κ3) is 4.63. The van der Waals surface area contributed by atoms with E-state index in [-0.39, 0.29) is 5.91 Å². The zero-order chi connectivity index (χ0) is 15.1. The molecule has 0 saturated carbocycles. The minimum atomic E-state index is -0.0417. The molecule has 5 heteroatoms. The molecule has 0 aliphatic heterocycles. The molecule has 2 aromatic rings. The maximum atomic E-state index is 11.7. The van der Waals surface area contributed by atoms with Crippen LogP contribution in [0.15, 0.2) is 34.9 Å². The van der Waals surface area contributed by atoms with Crippen molar-refractivity contribution in [2.45, 2.75) is 26.7 Å². The molecule has 0 aliphatic rings. The van der Waals surface area contributed by atoms with Crippen molar-refractivity contribution < 1.29 is 9.32 Å². The van der Waals surface area contributed by atoms with E-state index in [4.69, 9.17) is 4.52 Å². The van der Waals surface area contributed by atoms with Crippen molar-refractivity contribution >= 4 is 23.6 Å². The van der Waals surface area contributed by atoms with Gasteiger partial charge in [0.2, 0.25) is 11.8 Å². The second-order valence-electron chi connectivity index (χ2n) is 4.62. The monoisotopic (exact) mass is 304 g/mol. The molecule has 0 saturated heterocycles. The van der Waals surface area contributed by atoms with Gasteiger partial charge in [-0.2, -0.15) is 11.8 Å². The molecule has 0 fully saturated rings. The predicted molar refractivity (Wildman–Crippen MR) is 87.6 cm³/mol. The van der Waals surface area contributed by atoms with Crippen molar-refractivity contribution in [1.82, 2.24) is 5.16 Å². The average molecular weight is 304 g/mol. The summed E-state index contributed by atoms with van der Waals surface area (Å²) in [4.78, 5) is 11.7. The number of rotatable bonds is 7. The smallest absolute Gasteiger partial charge is 0.231 e. The molecule has 1 amide bonds. The molecule has 1 N–H and O–H groups in total. The first-order valence-electron chi connectivity index (χ1n) is 7.16. The zero-order valence-electron chi connectivity index (χ0n) is 12.4. The number of carbonyl (C=O) groups excluding carboxylic acids is 1. The number of aryl methyl sites for hydroxylation is 1. The molecule has 21 heavy (non-hydrogen) atoms. The summed E-state index contributed by atoms with van der Waals surface area (Å²) in [6.07, 6.45) is 1.50. The molecular formula is C16H20N2O2S. The molecule has 0 radical (unpaired) electrons. The fourth-order valence-electron chi connectivity index (χ4n) is 1.89. The van der Waals surface area contributed by atoms with Crippen LogP contribution in [0.2, 0.25) is 0 Å². The molecule has 1 heterocycles. The fraction of sp³-hybridized carbons (Fsp3) is 0.375. The van der Waals surface area contributed by atoms with Crippen LogP contribution in [0.25, 0.3) is 11.3 Å². The van der Waals surface area contributed by atoms with Gasteiger partial charge in [0.1, 0.15) is 5.69 Å². The van der Waals surface area contributed by atoms with Crippen LogP contribution in [0.3, 0.4) is 0 Å². The highest BCUT2D eigenvalue weighted by Gasteiger charge is 2.09. The number of benzene rings is 1. The summed E-state index contributed by atoms with van der Waals surface area (Å²) in [7, 11) is 0. The lowest BCUT2D eigenvalue weighted by atomic mass is 10.1. The number of amides is 1. The number of nitrogens with zero attached hydrogens (tertiary/aromatic N) is 1. The lowest BCUT2D eigenvalue weighted by Gasteiger charge is -1.99. The van der Waals surface area contributed by atoms with Gasteiger partial charge in [-0.3, -0.25) is 10.1 Å². The topological polar surface area (TPSA) is 55.1 Å². The van der Waals surface area contributed by atoms with E-state index >= 15 is 0 Å².